The van der Waals surface area contributed by atoms with Crippen LogP contribution in [0.5, 0.6) is 0 Å². The number of rotatable bonds is 4. The van der Waals surface area contributed by atoms with Crippen LogP contribution in [0.15, 0.2) is 72.8 Å². The van der Waals surface area contributed by atoms with Gasteiger partial charge in [-0.1, -0.05) is 88.7 Å². The molecule has 1 unspecified atom stereocenters. The number of fused-ring (bicyclic) bond motifs is 1. The summed E-state index contributed by atoms with van der Waals surface area (Å²) in [5.41, 5.74) is 2.76. The number of benzene rings is 3. The first-order valence-electron chi connectivity index (χ1n) is 6.99. The van der Waals surface area contributed by atoms with Crippen molar-refractivity contribution in [2.24, 2.45) is 0 Å². The van der Waals surface area contributed by atoms with Crippen LogP contribution < -0.4 is 0 Å². The molecule has 0 fully saturated rings. The Labute approximate surface area is 128 Å². The van der Waals surface area contributed by atoms with Crippen LogP contribution in [0.25, 0.3) is 10.8 Å². The number of hydrogen-bond acceptors (Lipinski definition) is 0. The Morgan fingerprint density at radius 2 is 1.45 bits per heavy atom. The van der Waals surface area contributed by atoms with Crippen molar-refractivity contribution in [2.45, 2.75) is 17.7 Å². The third-order valence-corrected chi connectivity index (χ3v) is 4.65. The molecule has 0 heterocycles. The van der Waals surface area contributed by atoms with E-state index in [4.69, 9.17) is 0 Å². The van der Waals surface area contributed by atoms with Crippen molar-refractivity contribution in [3.63, 3.8) is 0 Å². The van der Waals surface area contributed by atoms with E-state index in [1.54, 1.807) is 0 Å². The smallest absolute Gasteiger partial charge is 0.0398 e. The molecular formula is C19H17Br. The van der Waals surface area contributed by atoms with Gasteiger partial charge in [0.05, 0.1) is 0 Å². The third-order valence-electron chi connectivity index (χ3n) is 3.66. The molecule has 20 heavy (non-hydrogen) atoms. The summed E-state index contributed by atoms with van der Waals surface area (Å²) in [5, 5.41) is 2.64. The second-order valence-corrected chi connectivity index (χ2v) is 6.20. The Kier molecular flexibility index (Phi) is 4.17. The van der Waals surface area contributed by atoms with E-state index in [-0.39, 0.29) is 0 Å². The summed E-state index contributed by atoms with van der Waals surface area (Å²) in [4.78, 5) is 0.426. The first-order chi connectivity index (χ1) is 9.83. The number of aryl methyl sites for hydroxylation is 1. The molecule has 1 atom stereocenters. The zero-order valence-corrected chi connectivity index (χ0v) is 12.9. The summed E-state index contributed by atoms with van der Waals surface area (Å²) in [6.07, 6.45) is 2.21. The number of halogens is 1. The number of hydrogen-bond donors (Lipinski definition) is 0. The molecule has 3 aromatic carbocycles. The van der Waals surface area contributed by atoms with Gasteiger partial charge < -0.3 is 0 Å². The van der Waals surface area contributed by atoms with Crippen LogP contribution >= 0.6 is 15.9 Å². The van der Waals surface area contributed by atoms with Crippen LogP contribution in [0.2, 0.25) is 0 Å². The Balaban J connectivity index is 1.70. The minimum absolute atomic E-state index is 0.426. The van der Waals surface area contributed by atoms with E-state index < -0.39 is 0 Å². The molecule has 0 amide bonds. The van der Waals surface area contributed by atoms with Crippen LogP contribution in [0.1, 0.15) is 22.4 Å². The molecule has 3 rings (SSSR count). The van der Waals surface area contributed by atoms with Gasteiger partial charge in [0.15, 0.2) is 0 Å². The van der Waals surface area contributed by atoms with E-state index in [2.05, 4.69) is 88.7 Å². The van der Waals surface area contributed by atoms with Gasteiger partial charge in [-0.15, -0.1) is 0 Å². The van der Waals surface area contributed by atoms with E-state index in [1.807, 2.05) is 0 Å². The summed E-state index contributed by atoms with van der Waals surface area (Å²) in [5.74, 6) is 0. The van der Waals surface area contributed by atoms with E-state index >= 15 is 0 Å². The summed E-state index contributed by atoms with van der Waals surface area (Å²) < 4.78 is 0. The van der Waals surface area contributed by atoms with E-state index in [0.717, 1.165) is 12.8 Å². The van der Waals surface area contributed by atoms with Gasteiger partial charge >= 0.3 is 0 Å². The van der Waals surface area contributed by atoms with Crippen molar-refractivity contribution in [2.75, 3.05) is 0 Å². The summed E-state index contributed by atoms with van der Waals surface area (Å²) in [6, 6.07) is 25.9. The minimum atomic E-state index is 0.426. The lowest BCUT2D eigenvalue weighted by Crippen LogP contribution is -1.93. The lowest BCUT2D eigenvalue weighted by molar-refractivity contribution is 0.814. The Morgan fingerprint density at radius 3 is 2.25 bits per heavy atom. The molecule has 0 bridgehead atoms. The standard InChI is InChI=1S/C19H17Br/c20-19(17-7-2-1-3-8-17)13-11-15-10-12-16-6-4-5-9-18(16)14-15/h1-10,12,14,19H,11,13H2. The molecule has 0 N–H and O–H groups in total. The maximum atomic E-state index is 3.79. The molecule has 0 aromatic heterocycles. The first kappa shape index (κ1) is 13.4. The normalized spacial score (nSPS) is 12.4. The third kappa shape index (κ3) is 3.10. The highest BCUT2D eigenvalue weighted by atomic mass is 79.9. The highest BCUT2D eigenvalue weighted by molar-refractivity contribution is 9.09. The maximum Gasteiger partial charge on any atom is 0.0398 e. The molecule has 1 heteroatoms. The molecule has 0 saturated heterocycles. The highest BCUT2D eigenvalue weighted by Crippen LogP contribution is 2.28. The van der Waals surface area contributed by atoms with E-state index in [1.165, 1.54) is 21.9 Å². The van der Waals surface area contributed by atoms with Crippen LogP contribution in [0.4, 0.5) is 0 Å². The molecule has 0 nitrogen and oxygen atoms in total. The maximum absolute atomic E-state index is 3.79. The molecule has 3 aromatic rings. The van der Waals surface area contributed by atoms with Gasteiger partial charge in [0.25, 0.3) is 0 Å². The number of alkyl halides is 1. The average molecular weight is 325 g/mol. The van der Waals surface area contributed by atoms with Crippen molar-refractivity contribution < 1.29 is 0 Å². The van der Waals surface area contributed by atoms with Crippen molar-refractivity contribution >= 4 is 26.7 Å². The van der Waals surface area contributed by atoms with Gasteiger partial charge in [-0.05, 0) is 34.7 Å². The Bertz CT molecular complexity index is 688. The van der Waals surface area contributed by atoms with Gasteiger partial charge in [-0.3, -0.25) is 0 Å². The van der Waals surface area contributed by atoms with Crippen molar-refractivity contribution in [3.05, 3.63) is 83.9 Å². The summed E-state index contributed by atoms with van der Waals surface area (Å²) in [7, 11) is 0. The highest BCUT2D eigenvalue weighted by Gasteiger charge is 2.07. The second kappa shape index (κ2) is 6.23. The quantitative estimate of drug-likeness (QED) is 0.523. The van der Waals surface area contributed by atoms with Crippen LogP contribution in [-0.2, 0) is 6.42 Å². The van der Waals surface area contributed by atoms with Crippen LogP contribution in [0.3, 0.4) is 0 Å². The van der Waals surface area contributed by atoms with Crippen molar-refractivity contribution in [1.82, 2.24) is 0 Å². The topological polar surface area (TPSA) is 0 Å². The monoisotopic (exact) mass is 324 g/mol. The van der Waals surface area contributed by atoms with Gasteiger partial charge in [-0.2, -0.15) is 0 Å². The Morgan fingerprint density at radius 1 is 0.750 bits per heavy atom. The SMILES string of the molecule is BrC(CCc1ccc2ccccc2c1)c1ccccc1. The molecule has 0 aliphatic heterocycles. The van der Waals surface area contributed by atoms with Crippen LogP contribution in [0, 0.1) is 0 Å². The summed E-state index contributed by atoms with van der Waals surface area (Å²) in [6.45, 7) is 0. The lowest BCUT2D eigenvalue weighted by atomic mass is 10.0. The van der Waals surface area contributed by atoms with Crippen LogP contribution in [-0.4, -0.2) is 0 Å². The zero-order chi connectivity index (χ0) is 13.8. The summed E-state index contributed by atoms with van der Waals surface area (Å²) >= 11 is 3.79. The minimum Gasteiger partial charge on any atom is -0.0839 e. The van der Waals surface area contributed by atoms with Gasteiger partial charge in [0.2, 0.25) is 0 Å². The van der Waals surface area contributed by atoms with Gasteiger partial charge in [0.1, 0.15) is 0 Å². The fraction of sp³-hybridized carbons (Fsp3) is 0.158. The van der Waals surface area contributed by atoms with Gasteiger partial charge in [-0.25, -0.2) is 0 Å². The average Bonchev–Trinajstić information content (AvgIpc) is 2.53. The van der Waals surface area contributed by atoms with E-state index in [9.17, 15) is 0 Å². The van der Waals surface area contributed by atoms with E-state index in [0.29, 0.717) is 4.83 Å². The molecule has 0 aliphatic rings. The molecule has 0 radical (unpaired) electrons. The van der Waals surface area contributed by atoms with Crippen molar-refractivity contribution in [3.8, 4) is 0 Å². The molecule has 100 valence electrons. The second-order valence-electron chi connectivity index (χ2n) is 5.10. The van der Waals surface area contributed by atoms with Gasteiger partial charge in [0, 0.05) is 4.83 Å². The van der Waals surface area contributed by atoms with Crippen molar-refractivity contribution in [1.29, 1.82) is 0 Å². The molecule has 0 spiro atoms. The molecule has 0 saturated carbocycles. The fourth-order valence-electron chi connectivity index (χ4n) is 2.52. The first-order valence-corrected chi connectivity index (χ1v) is 7.91. The molecule has 0 aliphatic carbocycles. The zero-order valence-electron chi connectivity index (χ0n) is 11.3. The Hall–Kier alpha value is -1.60. The predicted octanol–water partition coefficient (Wildman–Crippen LogP) is 5.91. The largest absolute Gasteiger partial charge is 0.0839 e. The molecular weight excluding hydrogens is 308 g/mol. The lowest BCUT2D eigenvalue weighted by Gasteiger charge is -2.10. The fourth-order valence-corrected chi connectivity index (χ4v) is 3.05. The predicted molar refractivity (Wildman–Crippen MR) is 90.4 cm³/mol.